The monoisotopic (exact) mass is 213 g/mol. The summed E-state index contributed by atoms with van der Waals surface area (Å²) in [5.74, 6) is 0.375. The molecule has 1 aromatic rings. The van der Waals surface area contributed by atoms with Crippen molar-refractivity contribution in [3.8, 4) is 0 Å². The van der Waals surface area contributed by atoms with Crippen LogP contribution in [0.15, 0.2) is 6.20 Å². The van der Waals surface area contributed by atoms with E-state index in [0.29, 0.717) is 12.0 Å². The standard InChI is InChI=1S/C9H15N3OS/c10-8-4-11-9(14-8)12-7-3-1-2-6(7)5-13/h4,6-7,13H,1-3,5,10H2,(H,11,12)/t6-,7-/m1/s1. The molecule has 4 nitrogen and oxygen atoms in total. The Morgan fingerprint density at radius 2 is 2.50 bits per heavy atom. The lowest BCUT2D eigenvalue weighted by Crippen LogP contribution is -2.26. The summed E-state index contributed by atoms with van der Waals surface area (Å²) in [5.41, 5.74) is 5.59. The first-order chi connectivity index (χ1) is 6.79. The van der Waals surface area contributed by atoms with Gasteiger partial charge in [-0.15, -0.1) is 0 Å². The van der Waals surface area contributed by atoms with Crippen LogP contribution in [-0.2, 0) is 0 Å². The smallest absolute Gasteiger partial charge is 0.184 e. The van der Waals surface area contributed by atoms with Gasteiger partial charge < -0.3 is 16.2 Å². The molecule has 1 aromatic heterocycles. The van der Waals surface area contributed by atoms with Gasteiger partial charge in [0.25, 0.3) is 0 Å². The number of nitrogens with two attached hydrogens (primary N) is 1. The van der Waals surface area contributed by atoms with Gasteiger partial charge in [0.15, 0.2) is 5.13 Å². The Labute approximate surface area is 87.2 Å². The minimum absolute atomic E-state index is 0.262. The normalized spacial score (nSPS) is 26.6. The lowest BCUT2D eigenvalue weighted by atomic mass is 10.1. The fraction of sp³-hybridized carbons (Fsp3) is 0.667. The second kappa shape index (κ2) is 4.14. The molecule has 0 bridgehead atoms. The number of nitrogens with zero attached hydrogens (tertiary/aromatic N) is 1. The van der Waals surface area contributed by atoms with E-state index in [9.17, 15) is 0 Å². The Morgan fingerprint density at radius 1 is 1.64 bits per heavy atom. The van der Waals surface area contributed by atoms with Crippen molar-refractivity contribution in [3.63, 3.8) is 0 Å². The molecule has 0 unspecified atom stereocenters. The highest BCUT2D eigenvalue weighted by molar-refractivity contribution is 7.19. The second-order valence-electron chi connectivity index (χ2n) is 3.69. The fourth-order valence-electron chi connectivity index (χ4n) is 1.96. The van der Waals surface area contributed by atoms with Gasteiger partial charge in [-0.05, 0) is 12.8 Å². The van der Waals surface area contributed by atoms with Gasteiger partial charge in [-0.3, -0.25) is 0 Å². The number of anilines is 2. The van der Waals surface area contributed by atoms with Crippen molar-refractivity contribution >= 4 is 21.5 Å². The molecule has 0 aromatic carbocycles. The van der Waals surface area contributed by atoms with Crippen molar-refractivity contribution in [1.82, 2.24) is 4.98 Å². The molecule has 14 heavy (non-hydrogen) atoms. The van der Waals surface area contributed by atoms with E-state index in [1.165, 1.54) is 17.8 Å². The number of hydrogen-bond donors (Lipinski definition) is 3. The molecule has 1 saturated carbocycles. The molecule has 2 atom stereocenters. The van der Waals surface area contributed by atoms with E-state index in [1.807, 2.05) is 0 Å². The Kier molecular flexibility index (Phi) is 2.88. The van der Waals surface area contributed by atoms with Crippen LogP contribution in [0.2, 0.25) is 0 Å². The third kappa shape index (κ3) is 1.99. The molecular weight excluding hydrogens is 198 g/mol. The average molecular weight is 213 g/mol. The summed E-state index contributed by atoms with van der Waals surface area (Å²) < 4.78 is 0. The molecule has 0 spiro atoms. The third-order valence-electron chi connectivity index (χ3n) is 2.73. The number of aliphatic hydroxyl groups is 1. The van der Waals surface area contributed by atoms with Gasteiger partial charge in [-0.1, -0.05) is 17.8 Å². The maximum absolute atomic E-state index is 9.14. The van der Waals surface area contributed by atoms with Gasteiger partial charge in [0.2, 0.25) is 0 Å². The van der Waals surface area contributed by atoms with Gasteiger partial charge in [0.1, 0.15) is 5.00 Å². The summed E-state index contributed by atoms with van der Waals surface area (Å²) in [6, 6.07) is 0.366. The van der Waals surface area contributed by atoms with E-state index < -0.39 is 0 Å². The van der Waals surface area contributed by atoms with E-state index >= 15 is 0 Å². The van der Waals surface area contributed by atoms with Gasteiger partial charge in [0, 0.05) is 18.6 Å². The van der Waals surface area contributed by atoms with Crippen molar-refractivity contribution in [2.24, 2.45) is 5.92 Å². The maximum Gasteiger partial charge on any atom is 0.184 e. The minimum Gasteiger partial charge on any atom is -0.396 e. The molecule has 0 radical (unpaired) electrons. The molecule has 1 heterocycles. The number of aromatic nitrogens is 1. The number of hydrogen-bond acceptors (Lipinski definition) is 5. The first-order valence-electron chi connectivity index (χ1n) is 4.88. The van der Waals surface area contributed by atoms with E-state index in [4.69, 9.17) is 10.8 Å². The van der Waals surface area contributed by atoms with Gasteiger partial charge in [-0.2, -0.15) is 0 Å². The number of nitrogens with one attached hydrogen (secondary N) is 1. The first kappa shape index (κ1) is 9.73. The largest absolute Gasteiger partial charge is 0.396 e. The Bertz CT molecular complexity index is 302. The fourth-order valence-corrected chi connectivity index (χ4v) is 2.60. The van der Waals surface area contributed by atoms with E-state index in [-0.39, 0.29) is 6.61 Å². The molecule has 1 fully saturated rings. The van der Waals surface area contributed by atoms with E-state index in [1.54, 1.807) is 6.20 Å². The molecule has 0 aliphatic heterocycles. The summed E-state index contributed by atoms with van der Waals surface area (Å²) in [6.07, 6.45) is 5.07. The molecule has 5 heteroatoms. The van der Waals surface area contributed by atoms with Crippen LogP contribution < -0.4 is 11.1 Å². The van der Waals surface area contributed by atoms with Crippen molar-refractivity contribution < 1.29 is 5.11 Å². The first-order valence-corrected chi connectivity index (χ1v) is 5.70. The number of nitrogen functional groups attached to an aromatic ring is 1. The lowest BCUT2D eigenvalue weighted by molar-refractivity contribution is 0.222. The molecule has 1 aliphatic rings. The van der Waals surface area contributed by atoms with Crippen molar-refractivity contribution in [3.05, 3.63) is 6.20 Å². The van der Waals surface area contributed by atoms with Crippen LogP contribution in [0.4, 0.5) is 10.1 Å². The van der Waals surface area contributed by atoms with E-state index in [2.05, 4.69) is 10.3 Å². The zero-order valence-electron chi connectivity index (χ0n) is 7.94. The molecule has 2 rings (SSSR count). The lowest BCUT2D eigenvalue weighted by Gasteiger charge is -2.17. The highest BCUT2D eigenvalue weighted by Gasteiger charge is 2.26. The van der Waals surface area contributed by atoms with Crippen LogP contribution in [0.5, 0.6) is 0 Å². The minimum atomic E-state index is 0.262. The van der Waals surface area contributed by atoms with E-state index in [0.717, 1.165) is 23.0 Å². The van der Waals surface area contributed by atoms with Crippen molar-refractivity contribution in [2.75, 3.05) is 17.7 Å². The zero-order valence-corrected chi connectivity index (χ0v) is 8.76. The summed E-state index contributed by atoms with van der Waals surface area (Å²) in [7, 11) is 0. The molecule has 78 valence electrons. The topological polar surface area (TPSA) is 71.2 Å². The summed E-state index contributed by atoms with van der Waals surface area (Å²) >= 11 is 1.46. The molecule has 1 aliphatic carbocycles. The average Bonchev–Trinajstić information content (AvgIpc) is 2.76. The molecule has 4 N–H and O–H groups in total. The molecule has 0 amide bonds. The SMILES string of the molecule is Nc1cnc(N[C@@H]2CCC[C@@H]2CO)s1. The van der Waals surface area contributed by atoms with Crippen LogP contribution in [0.1, 0.15) is 19.3 Å². The van der Waals surface area contributed by atoms with Gasteiger partial charge >= 0.3 is 0 Å². The van der Waals surface area contributed by atoms with Crippen LogP contribution in [-0.4, -0.2) is 22.7 Å². The zero-order chi connectivity index (χ0) is 9.97. The molecule has 0 saturated heterocycles. The maximum atomic E-state index is 9.14. The number of rotatable bonds is 3. The Morgan fingerprint density at radius 3 is 3.14 bits per heavy atom. The Hall–Kier alpha value is -0.810. The van der Waals surface area contributed by atoms with Crippen LogP contribution in [0, 0.1) is 5.92 Å². The van der Waals surface area contributed by atoms with Crippen molar-refractivity contribution in [2.45, 2.75) is 25.3 Å². The third-order valence-corrected chi connectivity index (χ3v) is 3.48. The number of aliphatic hydroxyl groups excluding tert-OH is 1. The quantitative estimate of drug-likeness (QED) is 0.707. The van der Waals surface area contributed by atoms with Gasteiger partial charge in [0.05, 0.1) is 6.20 Å². The van der Waals surface area contributed by atoms with Crippen LogP contribution in [0.25, 0.3) is 0 Å². The second-order valence-corrected chi connectivity index (χ2v) is 4.75. The molecular formula is C9H15N3OS. The summed E-state index contributed by atoms with van der Waals surface area (Å²) in [5, 5.41) is 14.1. The van der Waals surface area contributed by atoms with Gasteiger partial charge in [-0.25, -0.2) is 4.98 Å². The van der Waals surface area contributed by atoms with Crippen LogP contribution >= 0.6 is 11.3 Å². The highest BCUT2D eigenvalue weighted by atomic mass is 32.1. The summed E-state index contributed by atoms with van der Waals surface area (Å²) in [6.45, 7) is 0.262. The predicted octanol–water partition coefficient (Wildman–Crippen LogP) is 1.30. The predicted molar refractivity (Wildman–Crippen MR) is 58.4 cm³/mol. The number of thiazole rings is 1. The van der Waals surface area contributed by atoms with Crippen LogP contribution in [0.3, 0.4) is 0 Å². The summed E-state index contributed by atoms with van der Waals surface area (Å²) in [4.78, 5) is 4.15. The highest BCUT2D eigenvalue weighted by Crippen LogP contribution is 2.30. The Balaban J connectivity index is 1.96. The van der Waals surface area contributed by atoms with Crippen molar-refractivity contribution in [1.29, 1.82) is 0 Å².